The number of halogens is 1. The van der Waals surface area contributed by atoms with E-state index in [0.717, 1.165) is 26.6 Å². The van der Waals surface area contributed by atoms with Gasteiger partial charge in [0.05, 0.1) is 5.56 Å². The number of amides is 1. The number of hydrogen-bond acceptors (Lipinski definition) is 4. The molecule has 7 heteroatoms. The summed E-state index contributed by atoms with van der Waals surface area (Å²) >= 11 is 3.41. The predicted molar refractivity (Wildman–Crippen MR) is 107 cm³/mol. The molecule has 0 unspecified atom stereocenters. The second kappa shape index (κ2) is 7.36. The van der Waals surface area contributed by atoms with Gasteiger partial charge in [0.15, 0.2) is 0 Å². The van der Waals surface area contributed by atoms with Crippen molar-refractivity contribution in [2.45, 2.75) is 19.9 Å². The number of rotatable bonds is 5. The van der Waals surface area contributed by atoms with Crippen molar-refractivity contribution in [3.63, 3.8) is 0 Å². The molecule has 0 atom stereocenters. The summed E-state index contributed by atoms with van der Waals surface area (Å²) in [6.07, 6.45) is 2.57. The first-order valence-electron chi connectivity index (χ1n) is 8.60. The zero-order valence-electron chi connectivity index (χ0n) is 14.6. The van der Waals surface area contributed by atoms with E-state index < -0.39 is 0 Å². The molecule has 4 aromatic rings. The highest BCUT2D eigenvalue weighted by atomic mass is 79.9. The fraction of sp³-hybridized carbons (Fsp3) is 0.150. The lowest BCUT2D eigenvalue weighted by molar-refractivity contribution is -0.116. The largest absolute Gasteiger partial charge is 0.421 e. The molecule has 136 valence electrons. The normalized spacial score (nSPS) is 11.0. The zero-order valence-corrected chi connectivity index (χ0v) is 16.2. The maximum atomic E-state index is 12.5. The Balaban J connectivity index is 1.65. The average Bonchev–Trinajstić information content (AvgIpc) is 3.27. The van der Waals surface area contributed by atoms with Crippen molar-refractivity contribution in [2.24, 2.45) is 0 Å². The average molecular weight is 425 g/mol. The smallest absolute Gasteiger partial charge is 0.249 e. The van der Waals surface area contributed by atoms with Gasteiger partial charge in [-0.3, -0.25) is 4.79 Å². The van der Waals surface area contributed by atoms with E-state index in [0.29, 0.717) is 18.2 Å². The number of para-hydroxylation sites is 1. The van der Waals surface area contributed by atoms with Crippen LogP contribution in [0, 0.1) is 0 Å². The van der Waals surface area contributed by atoms with E-state index in [9.17, 15) is 4.79 Å². The van der Waals surface area contributed by atoms with Crippen LogP contribution in [0.2, 0.25) is 0 Å². The molecule has 4 rings (SSSR count). The summed E-state index contributed by atoms with van der Waals surface area (Å²) in [6, 6.07) is 15.4. The maximum absolute atomic E-state index is 12.5. The van der Waals surface area contributed by atoms with Crippen LogP contribution in [0.4, 0.5) is 5.69 Å². The van der Waals surface area contributed by atoms with Gasteiger partial charge in [0.25, 0.3) is 0 Å². The molecule has 0 aliphatic carbocycles. The number of aromatic nitrogens is 3. The number of aryl methyl sites for hydroxylation is 1. The zero-order chi connectivity index (χ0) is 18.8. The SMILES string of the molecule is CCc1nnc(-c2cn(CC(=O)Nc3cccc(Br)c3)c3ccccc23)o1. The summed E-state index contributed by atoms with van der Waals surface area (Å²) in [4.78, 5) is 12.5. The number of carbonyl (C=O) groups excluding carboxylic acids is 1. The molecule has 27 heavy (non-hydrogen) atoms. The Hall–Kier alpha value is -2.93. The molecule has 0 radical (unpaired) electrons. The van der Waals surface area contributed by atoms with Gasteiger partial charge in [0.2, 0.25) is 17.7 Å². The monoisotopic (exact) mass is 424 g/mol. The van der Waals surface area contributed by atoms with Crippen LogP contribution >= 0.6 is 15.9 Å². The minimum Gasteiger partial charge on any atom is -0.421 e. The number of anilines is 1. The highest BCUT2D eigenvalue weighted by Crippen LogP contribution is 2.30. The van der Waals surface area contributed by atoms with Gasteiger partial charge in [-0.05, 0) is 24.3 Å². The van der Waals surface area contributed by atoms with Crippen LogP contribution in [0.1, 0.15) is 12.8 Å². The summed E-state index contributed by atoms with van der Waals surface area (Å²) in [5.41, 5.74) is 2.51. The third kappa shape index (κ3) is 3.64. The number of carbonyl (C=O) groups is 1. The molecule has 0 spiro atoms. The molecule has 2 heterocycles. The van der Waals surface area contributed by atoms with E-state index in [-0.39, 0.29) is 12.5 Å². The number of hydrogen-bond donors (Lipinski definition) is 1. The third-order valence-electron chi connectivity index (χ3n) is 4.21. The van der Waals surface area contributed by atoms with E-state index in [1.165, 1.54) is 0 Å². The summed E-state index contributed by atoms with van der Waals surface area (Å²) in [6.45, 7) is 2.15. The fourth-order valence-electron chi connectivity index (χ4n) is 2.97. The van der Waals surface area contributed by atoms with Gasteiger partial charge in [0, 0.05) is 33.7 Å². The first-order chi connectivity index (χ1) is 13.1. The van der Waals surface area contributed by atoms with Gasteiger partial charge < -0.3 is 14.3 Å². The van der Waals surface area contributed by atoms with Gasteiger partial charge in [-0.25, -0.2) is 0 Å². The van der Waals surface area contributed by atoms with Crippen molar-refractivity contribution in [2.75, 3.05) is 5.32 Å². The standard InChI is InChI=1S/C20H17BrN4O2/c1-2-19-23-24-20(27-19)16-11-25(17-9-4-3-8-15(16)17)12-18(26)22-14-7-5-6-13(21)10-14/h3-11H,2,12H2,1H3,(H,22,26). The maximum Gasteiger partial charge on any atom is 0.249 e. The van der Waals surface area contributed by atoms with Crippen LogP contribution in [-0.4, -0.2) is 20.7 Å². The number of benzene rings is 2. The van der Waals surface area contributed by atoms with Gasteiger partial charge in [-0.15, -0.1) is 10.2 Å². The van der Waals surface area contributed by atoms with E-state index in [1.807, 2.05) is 66.2 Å². The lowest BCUT2D eigenvalue weighted by Gasteiger charge is -2.07. The molecular formula is C20H17BrN4O2. The van der Waals surface area contributed by atoms with Crippen LogP contribution in [-0.2, 0) is 17.8 Å². The lowest BCUT2D eigenvalue weighted by Crippen LogP contribution is -2.18. The predicted octanol–water partition coefficient (Wildman–Crippen LogP) is 4.65. The second-order valence-electron chi connectivity index (χ2n) is 6.10. The Kier molecular flexibility index (Phi) is 4.77. The molecule has 0 fully saturated rings. The van der Waals surface area contributed by atoms with Crippen molar-refractivity contribution in [1.29, 1.82) is 0 Å². The Labute approximate surface area is 164 Å². The highest BCUT2D eigenvalue weighted by Gasteiger charge is 2.16. The molecule has 1 amide bonds. The molecule has 2 aromatic heterocycles. The summed E-state index contributed by atoms with van der Waals surface area (Å²) in [5, 5.41) is 12.1. The van der Waals surface area contributed by atoms with Crippen LogP contribution in [0.15, 0.2) is 63.6 Å². The van der Waals surface area contributed by atoms with E-state index in [2.05, 4.69) is 31.4 Å². The van der Waals surface area contributed by atoms with E-state index in [1.54, 1.807) is 0 Å². The van der Waals surface area contributed by atoms with Crippen molar-refractivity contribution in [3.05, 3.63) is 65.1 Å². The first kappa shape index (κ1) is 17.5. The molecule has 0 saturated carbocycles. The summed E-state index contributed by atoms with van der Waals surface area (Å²) in [7, 11) is 0. The lowest BCUT2D eigenvalue weighted by atomic mass is 10.2. The van der Waals surface area contributed by atoms with Gasteiger partial charge >= 0.3 is 0 Å². The molecule has 0 saturated heterocycles. The van der Waals surface area contributed by atoms with Crippen LogP contribution in [0.5, 0.6) is 0 Å². The van der Waals surface area contributed by atoms with Crippen molar-refractivity contribution >= 4 is 38.4 Å². The third-order valence-corrected chi connectivity index (χ3v) is 4.70. The molecule has 0 bridgehead atoms. The van der Waals surface area contributed by atoms with Crippen molar-refractivity contribution in [1.82, 2.24) is 14.8 Å². The van der Waals surface area contributed by atoms with Crippen LogP contribution < -0.4 is 5.32 Å². The minimum atomic E-state index is -0.111. The topological polar surface area (TPSA) is 73.0 Å². The van der Waals surface area contributed by atoms with Gasteiger partial charge in [0.1, 0.15) is 6.54 Å². The van der Waals surface area contributed by atoms with E-state index in [4.69, 9.17) is 4.42 Å². The molecule has 6 nitrogen and oxygen atoms in total. The summed E-state index contributed by atoms with van der Waals surface area (Å²) in [5.74, 6) is 0.948. The molecule has 0 aliphatic rings. The van der Waals surface area contributed by atoms with Crippen molar-refractivity contribution < 1.29 is 9.21 Å². The Morgan fingerprint density at radius 3 is 2.81 bits per heavy atom. The Bertz CT molecular complexity index is 1120. The van der Waals surface area contributed by atoms with Crippen LogP contribution in [0.25, 0.3) is 22.4 Å². The van der Waals surface area contributed by atoms with Gasteiger partial charge in [-0.2, -0.15) is 0 Å². The molecule has 1 N–H and O–H groups in total. The number of fused-ring (bicyclic) bond motifs is 1. The Morgan fingerprint density at radius 1 is 1.19 bits per heavy atom. The number of nitrogens with one attached hydrogen (secondary N) is 1. The van der Waals surface area contributed by atoms with Gasteiger partial charge in [-0.1, -0.05) is 47.1 Å². The van der Waals surface area contributed by atoms with Crippen LogP contribution in [0.3, 0.4) is 0 Å². The first-order valence-corrected chi connectivity index (χ1v) is 9.39. The van der Waals surface area contributed by atoms with E-state index >= 15 is 0 Å². The Morgan fingerprint density at radius 2 is 2.04 bits per heavy atom. The van der Waals surface area contributed by atoms with Crippen molar-refractivity contribution in [3.8, 4) is 11.5 Å². The second-order valence-corrected chi connectivity index (χ2v) is 7.02. The fourth-order valence-corrected chi connectivity index (χ4v) is 3.37. The summed E-state index contributed by atoms with van der Waals surface area (Å²) < 4.78 is 8.52. The molecule has 0 aliphatic heterocycles. The molecule has 2 aromatic carbocycles. The number of nitrogens with zero attached hydrogens (tertiary/aromatic N) is 3. The minimum absolute atomic E-state index is 0.111. The highest BCUT2D eigenvalue weighted by molar-refractivity contribution is 9.10. The quantitative estimate of drug-likeness (QED) is 0.505. The molecular weight excluding hydrogens is 408 g/mol.